The van der Waals surface area contributed by atoms with Crippen molar-refractivity contribution in [2.45, 2.75) is 88.1 Å². The fourth-order valence-electron chi connectivity index (χ4n) is 11.0. The predicted molar refractivity (Wildman–Crippen MR) is 148 cm³/mol. The highest BCUT2D eigenvalue weighted by Gasteiger charge is 2.52. The van der Waals surface area contributed by atoms with E-state index in [1.54, 1.807) is 0 Å². The molecule has 0 spiro atoms. The minimum Gasteiger partial charge on any atom is -0.380 e. The minimum atomic E-state index is 0.298. The van der Waals surface area contributed by atoms with E-state index >= 15 is 0 Å². The highest BCUT2D eigenvalue weighted by atomic mass is 15.0. The average Bonchev–Trinajstić information content (AvgIpc) is 3.26. The highest BCUT2D eigenvalue weighted by molar-refractivity contribution is 5.79. The Morgan fingerprint density at radius 1 is 0.649 bits per heavy atom. The van der Waals surface area contributed by atoms with Gasteiger partial charge in [0.15, 0.2) is 5.65 Å². The number of fused-ring (bicyclic) bond motifs is 1. The molecule has 37 heavy (non-hydrogen) atoms. The summed E-state index contributed by atoms with van der Waals surface area (Å²) in [7, 11) is 0. The summed E-state index contributed by atoms with van der Waals surface area (Å²) in [6.45, 7) is 0. The third-order valence-electron chi connectivity index (χ3n) is 11.4. The lowest BCUT2D eigenvalue weighted by Gasteiger charge is -2.57. The maximum absolute atomic E-state index is 4.85. The van der Waals surface area contributed by atoms with Gasteiger partial charge in [-0.05, 0) is 143 Å². The van der Waals surface area contributed by atoms with Crippen LogP contribution in [-0.2, 0) is 0 Å². The van der Waals surface area contributed by atoms with Crippen LogP contribution in [0.5, 0.6) is 0 Å². The number of benzene rings is 1. The average molecular weight is 494 g/mol. The molecule has 11 rings (SSSR count). The van der Waals surface area contributed by atoms with E-state index in [0.29, 0.717) is 11.1 Å². The third kappa shape index (κ3) is 3.55. The number of H-pyrrole nitrogens is 1. The molecule has 3 aromatic rings. The summed E-state index contributed by atoms with van der Waals surface area (Å²) in [5, 5.41) is 7.99. The second-order valence-electron chi connectivity index (χ2n) is 14.4. The van der Waals surface area contributed by atoms with Gasteiger partial charge in [0, 0.05) is 22.3 Å². The zero-order chi connectivity index (χ0) is 24.2. The van der Waals surface area contributed by atoms with Crippen molar-refractivity contribution in [1.29, 1.82) is 0 Å². The van der Waals surface area contributed by atoms with Crippen LogP contribution in [0.25, 0.3) is 22.6 Å². The van der Waals surface area contributed by atoms with Crippen LogP contribution in [0.2, 0.25) is 0 Å². The number of pyridine rings is 1. The molecule has 3 N–H and O–H groups in total. The Kier molecular flexibility index (Phi) is 4.34. The Morgan fingerprint density at radius 2 is 1.14 bits per heavy atom. The lowest BCUT2D eigenvalue weighted by atomic mass is 9.53. The molecule has 8 bridgehead atoms. The quantitative estimate of drug-likeness (QED) is 0.347. The third-order valence-corrected chi connectivity index (χ3v) is 11.4. The van der Waals surface area contributed by atoms with E-state index < -0.39 is 0 Å². The SMILES string of the molecule is c1cc(-c2nc3ncc(NC45CC6CC(CC(C6)C4)C5)cc3[nH]2)ccc1NC12CC3CC(CC(C3)C1)C2. The van der Waals surface area contributed by atoms with Gasteiger partial charge in [0.05, 0.1) is 17.4 Å². The molecule has 5 heteroatoms. The molecule has 0 radical (unpaired) electrons. The summed E-state index contributed by atoms with van der Waals surface area (Å²) >= 11 is 0. The molecule has 2 aromatic heterocycles. The number of imidazole rings is 1. The minimum absolute atomic E-state index is 0.298. The van der Waals surface area contributed by atoms with Gasteiger partial charge in [-0.1, -0.05) is 0 Å². The maximum atomic E-state index is 4.85. The summed E-state index contributed by atoms with van der Waals surface area (Å²) in [6, 6.07) is 11.2. The smallest absolute Gasteiger partial charge is 0.178 e. The van der Waals surface area contributed by atoms with E-state index in [0.717, 1.165) is 63.7 Å². The number of hydrogen-bond donors (Lipinski definition) is 3. The predicted octanol–water partition coefficient (Wildman–Crippen LogP) is 7.39. The summed E-state index contributed by atoms with van der Waals surface area (Å²) < 4.78 is 0. The molecule has 0 aliphatic heterocycles. The Morgan fingerprint density at radius 3 is 1.65 bits per heavy atom. The molecule has 8 saturated carbocycles. The van der Waals surface area contributed by atoms with Crippen molar-refractivity contribution in [2.24, 2.45) is 35.5 Å². The molecule has 5 nitrogen and oxygen atoms in total. The zero-order valence-electron chi connectivity index (χ0n) is 21.8. The van der Waals surface area contributed by atoms with E-state index in [4.69, 9.17) is 9.97 Å². The van der Waals surface area contributed by atoms with Crippen LogP contribution in [0.3, 0.4) is 0 Å². The summed E-state index contributed by atoms with van der Waals surface area (Å²) in [5.74, 6) is 6.62. The molecule has 0 atom stereocenters. The molecule has 1 aromatic carbocycles. The highest BCUT2D eigenvalue weighted by Crippen LogP contribution is 2.57. The number of hydrogen-bond acceptors (Lipinski definition) is 4. The van der Waals surface area contributed by atoms with Gasteiger partial charge in [-0.3, -0.25) is 0 Å². The van der Waals surface area contributed by atoms with Gasteiger partial charge in [-0.15, -0.1) is 0 Å². The van der Waals surface area contributed by atoms with Gasteiger partial charge in [-0.2, -0.15) is 0 Å². The molecule has 8 fully saturated rings. The van der Waals surface area contributed by atoms with Crippen molar-refractivity contribution < 1.29 is 0 Å². The van der Waals surface area contributed by atoms with Gasteiger partial charge >= 0.3 is 0 Å². The lowest BCUT2D eigenvalue weighted by Crippen LogP contribution is -2.54. The zero-order valence-corrected chi connectivity index (χ0v) is 21.8. The Labute approximate surface area is 219 Å². The van der Waals surface area contributed by atoms with Crippen molar-refractivity contribution in [3.05, 3.63) is 36.5 Å². The van der Waals surface area contributed by atoms with Crippen LogP contribution in [0.15, 0.2) is 36.5 Å². The van der Waals surface area contributed by atoms with E-state index in [9.17, 15) is 0 Å². The number of rotatable bonds is 5. The molecule has 192 valence electrons. The van der Waals surface area contributed by atoms with E-state index in [1.807, 2.05) is 6.20 Å². The van der Waals surface area contributed by atoms with E-state index in [1.165, 1.54) is 82.7 Å². The lowest BCUT2D eigenvalue weighted by molar-refractivity contribution is 0.0105. The van der Waals surface area contributed by atoms with Crippen molar-refractivity contribution in [3.8, 4) is 11.4 Å². The van der Waals surface area contributed by atoms with Crippen molar-refractivity contribution in [3.63, 3.8) is 0 Å². The van der Waals surface area contributed by atoms with Gasteiger partial charge in [-0.25, -0.2) is 9.97 Å². The monoisotopic (exact) mass is 493 g/mol. The molecule has 8 aliphatic rings. The van der Waals surface area contributed by atoms with Crippen LogP contribution in [0.4, 0.5) is 11.4 Å². The largest absolute Gasteiger partial charge is 0.380 e. The van der Waals surface area contributed by atoms with Gasteiger partial charge < -0.3 is 15.6 Å². The van der Waals surface area contributed by atoms with E-state index in [-0.39, 0.29) is 0 Å². The fraction of sp³-hybridized carbons (Fsp3) is 0.625. The molecule has 0 unspecified atom stereocenters. The fourth-order valence-corrected chi connectivity index (χ4v) is 11.0. The van der Waals surface area contributed by atoms with Crippen molar-refractivity contribution in [2.75, 3.05) is 10.6 Å². The standard InChI is InChI=1S/C32H39N5/c1-3-26(36-31-12-19-5-20(13-31)7-21(6-19)14-31)4-2-25(1)29-34-28-11-27(18-33-30(28)35-29)37-32-15-22-8-23(16-32)10-24(9-22)17-32/h1-4,11,18-24,36-37H,5-10,12-17H2,(H,33,34,35). The van der Waals surface area contributed by atoms with Gasteiger partial charge in [0.1, 0.15) is 5.82 Å². The molecular weight excluding hydrogens is 454 g/mol. The van der Waals surface area contributed by atoms with Crippen molar-refractivity contribution >= 4 is 22.5 Å². The van der Waals surface area contributed by atoms with Crippen LogP contribution in [0, 0.1) is 35.5 Å². The van der Waals surface area contributed by atoms with Crippen LogP contribution in [-0.4, -0.2) is 26.0 Å². The van der Waals surface area contributed by atoms with Crippen LogP contribution < -0.4 is 10.6 Å². The van der Waals surface area contributed by atoms with Crippen LogP contribution >= 0.6 is 0 Å². The van der Waals surface area contributed by atoms with Gasteiger partial charge in [0.25, 0.3) is 0 Å². The number of nitrogens with zero attached hydrogens (tertiary/aromatic N) is 2. The normalized spacial score (nSPS) is 41.0. The number of anilines is 2. The number of aromatic amines is 1. The van der Waals surface area contributed by atoms with Crippen LogP contribution in [0.1, 0.15) is 77.0 Å². The first-order valence-electron chi connectivity index (χ1n) is 15.1. The second-order valence-corrected chi connectivity index (χ2v) is 14.4. The summed E-state index contributed by atoms with van der Waals surface area (Å²) in [4.78, 5) is 13.2. The topological polar surface area (TPSA) is 65.6 Å². The molecule has 2 heterocycles. The second kappa shape index (κ2) is 7.51. The Bertz CT molecular complexity index is 1280. The first-order chi connectivity index (χ1) is 18.1. The molecular formula is C32H39N5. The summed E-state index contributed by atoms with van der Waals surface area (Å²) in [5.41, 5.74) is 6.03. The number of nitrogens with one attached hydrogen (secondary N) is 3. The molecule has 0 saturated heterocycles. The maximum Gasteiger partial charge on any atom is 0.178 e. The van der Waals surface area contributed by atoms with E-state index in [2.05, 4.69) is 45.9 Å². The first kappa shape index (κ1) is 21.4. The van der Waals surface area contributed by atoms with Crippen molar-refractivity contribution in [1.82, 2.24) is 15.0 Å². The molecule has 8 aliphatic carbocycles. The Hall–Kier alpha value is -2.56. The van der Waals surface area contributed by atoms with Gasteiger partial charge in [0.2, 0.25) is 0 Å². The number of aromatic nitrogens is 3. The molecule has 0 amide bonds. The summed E-state index contributed by atoms with van der Waals surface area (Å²) in [6.07, 6.45) is 19.0. The Balaban J connectivity index is 0.938. The first-order valence-corrected chi connectivity index (χ1v) is 15.1.